The predicted octanol–water partition coefficient (Wildman–Crippen LogP) is 14.4. The van der Waals surface area contributed by atoms with Crippen LogP contribution >= 0.6 is 0 Å². The Hall–Kier alpha value is -7.36. The van der Waals surface area contributed by atoms with Gasteiger partial charge in [-0.3, -0.25) is 0 Å². The molecule has 0 spiro atoms. The second kappa shape index (κ2) is 13.4. The topological polar surface area (TPSA) is 33.6 Å². The van der Waals surface area contributed by atoms with E-state index in [0.717, 1.165) is 54.9 Å². The summed E-state index contributed by atoms with van der Waals surface area (Å²) in [5.41, 5.74) is 9.77. The van der Waals surface area contributed by atoms with Crippen molar-refractivity contribution in [3.05, 3.63) is 192 Å². The van der Waals surface area contributed by atoms with E-state index in [1.54, 1.807) is 39.5 Å². The van der Waals surface area contributed by atoms with E-state index in [-0.39, 0.29) is 11.4 Å². The fraction of sp³-hybridized carbons (Fsp3) is 0.0577. The van der Waals surface area contributed by atoms with Gasteiger partial charge < -0.3 is 9.13 Å². The lowest BCUT2D eigenvalue weighted by molar-refractivity contribution is -0.137. The Morgan fingerprint density at radius 1 is 0.414 bits per heavy atom. The number of aryl methyl sites for hydroxylation is 2. The number of rotatable bonds is 5. The van der Waals surface area contributed by atoms with Crippen molar-refractivity contribution in [1.82, 2.24) is 9.13 Å². The molecule has 2 heterocycles. The van der Waals surface area contributed by atoms with E-state index in [9.17, 15) is 5.26 Å². The lowest BCUT2D eigenvalue weighted by Gasteiger charge is -2.23. The molecule has 10 rings (SSSR count). The van der Waals surface area contributed by atoms with Gasteiger partial charge in [-0.25, -0.2) is 0 Å². The van der Waals surface area contributed by atoms with Gasteiger partial charge in [-0.1, -0.05) is 120 Å². The quantitative estimate of drug-likeness (QED) is 0.172. The third-order valence-electron chi connectivity index (χ3n) is 11.3. The minimum Gasteiger partial charge on any atom is -0.309 e. The van der Waals surface area contributed by atoms with Crippen LogP contribution in [0.4, 0.5) is 13.2 Å². The van der Waals surface area contributed by atoms with Crippen LogP contribution in [0.1, 0.15) is 22.3 Å². The summed E-state index contributed by atoms with van der Waals surface area (Å²) in [5.74, 6) is 0. The van der Waals surface area contributed by atoms with E-state index in [0.29, 0.717) is 38.8 Å². The number of para-hydroxylation sites is 2. The van der Waals surface area contributed by atoms with Gasteiger partial charge in [0.1, 0.15) is 5.56 Å². The van der Waals surface area contributed by atoms with Gasteiger partial charge in [-0.2, -0.15) is 18.4 Å². The molecule has 0 saturated carbocycles. The second-order valence-electron chi connectivity index (χ2n) is 15.0. The first-order valence-corrected chi connectivity index (χ1v) is 19.1. The number of hydrogen-bond acceptors (Lipinski definition) is 1. The Labute approximate surface area is 333 Å². The molecule has 8 aromatic carbocycles. The monoisotopic (exact) mass is 757 g/mol. The Morgan fingerprint density at radius 2 is 0.845 bits per heavy atom. The molecule has 0 fully saturated rings. The molecule has 0 radical (unpaired) electrons. The van der Waals surface area contributed by atoms with Gasteiger partial charge in [0, 0.05) is 21.5 Å². The Morgan fingerprint density at radius 3 is 1.31 bits per heavy atom. The Kier molecular flexibility index (Phi) is 8.10. The number of hydrogen-bond donors (Lipinski definition) is 0. The molecule has 0 aliphatic rings. The van der Waals surface area contributed by atoms with Crippen molar-refractivity contribution >= 4 is 43.6 Å². The molecule has 3 nitrogen and oxygen atoms in total. The van der Waals surface area contributed by atoms with Crippen LogP contribution in [-0.4, -0.2) is 9.13 Å². The maximum atomic E-state index is 16.3. The van der Waals surface area contributed by atoms with Gasteiger partial charge in [0.05, 0.1) is 45.1 Å². The fourth-order valence-electron chi connectivity index (χ4n) is 8.51. The molecule has 0 N–H and O–H groups in total. The molecule has 0 bridgehead atoms. The number of aromatic nitrogens is 2. The normalized spacial score (nSPS) is 11.9. The largest absolute Gasteiger partial charge is 0.420 e. The minimum absolute atomic E-state index is 0.00106. The summed E-state index contributed by atoms with van der Waals surface area (Å²) in [4.78, 5) is 0. The molecule has 0 aliphatic heterocycles. The van der Waals surface area contributed by atoms with Gasteiger partial charge in [0.2, 0.25) is 0 Å². The van der Waals surface area contributed by atoms with Crippen LogP contribution in [0.2, 0.25) is 0 Å². The molecule has 278 valence electrons. The van der Waals surface area contributed by atoms with Crippen molar-refractivity contribution in [2.24, 2.45) is 0 Å². The van der Waals surface area contributed by atoms with E-state index < -0.39 is 11.7 Å². The van der Waals surface area contributed by atoms with Crippen LogP contribution in [0.5, 0.6) is 0 Å². The van der Waals surface area contributed by atoms with Crippen molar-refractivity contribution in [3.8, 4) is 50.8 Å². The van der Waals surface area contributed by atoms with Gasteiger partial charge >= 0.3 is 6.18 Å². The van der Waals surface area contributed by atoms with Crippen LogP contribution in [0.25, 0.3) is 88.4 Å². The van der Waals surface area contributed by atoms with Gasteiger partial charge in [-0.05, 0) is 108 Å². The third-order valence-corrected chi connectivity index (χ3v) is 11.3. The highest BCUT2D eigenvalue weighted by atomic mass is 19.4. The zero-order valence-corrected chi connectivity index (χ0v) is 31.6. The molecule has 0 saturated heterocycles. The standard InChI is InChI=1S/C52H34F3N3/c1-32-14-18-35(19-15-32)38-22-24-47-43(27-38)41-10-3-5-12-45(41)57(47)49-29-40(37-9-7-8-34(26-37)31-56)30-50(51(49)52(53,54)55)58-46-13-6-4-11-42(46)44-28-39(23-25-48(44)58)36-20-16-33(2)17-21-36/h3-30H,1-2H3. The number of nitriles is 1. The van der Waals surface area contributed by atoms with Crippen LogP contribution < -0.4 is 0 Å². The van der Waals surface area contributed by atoms with Crippen LogP contribution in [0.15, 0.2) is 170 Å². The predicted molar refractivity (Wildman–Crippen MR) is 231 cm³/mol. The summed E-state index contributed by atoms with van der Waals surface area (Å²) in [6.45, 7) is 4.08. The minimum atomic E-state index is -4.78. The number of nitrogens with zero attached hydrogens (tertiary/aromatic N) is 3. The van der Waals surface area contributed by atoms with Crippen LogP contribution in [0, 0.1) is 25.2 Å². The summed E-state index contributed by atoms with van der Waals surface area (Å²) in [6.07, 6.45) is -4.78. The summed E-state index contributed by atoms with van der Waals surface area (Å²) >= 11 is 0. The molecule has 2 aromatic heterocycles. The molecule has 10 aromatic rings. The average Bonchev–Trinajstić information content (AvgIpc) is 3.75. The van der Waals surface area contributed by atoms with E-state index in [1.807, 2.05) is 92.7 Å². The Bertz CT molecular complexity index is 3100. The molecule has 58 heavy (non-hydrogen) atoms. The SMILES string of the molecule is Cc1ccc(-c2ccc3c(c2)c2ccccc2n3-c2cc(-c3cccc(C#N)c3)cc(-n3c4ccccc4c4cc(-c5ccc(C)cc5)ccc43)c2C(F)(F)F)cc1. The molecule has 6 heteroatoms. The first-order chi connectivity index (χ1) is 28.2. The molecular formula is C52H34F3N3. The highest BCUT2D eigenvalue weighted by Crippen LogP contribution is 2.47. The number of alkyl halides is 3. The fourth-order valence-corrected chi connectivity index (χ4v) is 8.51. The van der Waals surface area contributed by atoms with Crippen molar-refractivity contribution in [1.29, 1.82) is 5.26 Å². The van der Waals surface area contributed by atoms with Gasteiger partial charge in [0.25, 0.3) is 0 Å². The van der Waals surface area contributed by atoms with Crippen LogP contribution in [-0.2, 0) is 6.18 Å². The molecule has 0 atom stereocenters. The van der Waals surface area contributed by atoms with Gasteiger partial charge in [0.15, 0.2) is 0 Å². The van der Waals surface area contributed by atoms with Crippen molar-refractivity contribution in [2.45, 2.75) is 20.0 Å². The maximum absolute atomic E-state index is 16.3. The molecule has 0 unspecified atom stereocenters. The molecule has 0 aliphatic carbocycles. The zero-order valence-electron chi connectivity index (χ0n) is 31.6. The van der Waals surface area contributed by atoms with E-state index in [4.69, 9.17) is 0 Å². The van der Waals surface area contributed by atoms with E-state index >= 15 is 13.2 Å². The van der Waals surface area contributed by atoms with Gasteiger partial charge in [-0.15, -0.1) is 0 Å². The first kappa shape index (κ1) is 35.1. The van der Waals surface area contributed by atoms with E-state index in [2.05, 4.69) is 66.7 Å². The Balaban J connectivity index is 1.32. The average molecular weight is 758 g/mol. The summed E-state index contributed by atoms with van der Waals surface area (Å²) in [7, 11) is 0. The maximum Gasteiger partial charge on any atom is 0.420 e. The van der Waals surface area contributed by atoms with Crippen molar-refractivity contribution in [3.63, 3.8) is 0 Å². The summed E-state index contributed by atoms with van der Waals surface area (Å²) in [6, 6.07) is 56.3. The summed E-state index contributed by atoms with van der Waals surface area (Å²) in [5, 5.41) is 13.3. The second-order valence-corrected chi connectivity index (χ2v) is 15.0. The smallest absolute Gasteiger partial charge is 0.309 e. The zero-order chi connectivity index (χ0) is 39.7. The number of fused-ring (bicyclic) bond motifs is 6. The van der Waals surface area contributed by atoms with Crippen LogP contribution in [0.3, 0.4) is 0 Å². The molecular weight excluding hydrogens is 724 g/mol. The lowest BCUT2D eigenvalue weighted by atomic mass is 9.98. The van der Waals surface area contributed by atoms with Crippen molar-refractivity contribution < 1.29 is 13.2 Å². The van der Waals surface area contributed by atoms with Crippen molar-refractivity contribution in [2.75, 3.05) is 0 Å². The third kappa shape index (κ3) is 5.74. The first-order valence-electron chi connectivity index (χ1n) is 19.1. The lowest BCUT2D eigenvalue weighted by Crippen LogP contribution is -2.16. The number of halogens is 3. The highest BCUT2D eigenvalue weighted by molar-refractivity contribution is 6.12. The highest BCUT2D eigenvalue weighted by Gasteiger charge is 2.39. The summed E-state index contributed by atoms with van der Waals surface area (Å²) < 4.78 is 52.5. The number of benzene rings is 8. The molecule has 0 amide bonds. The van der Waals surface area contributed by atoms with E-state index in [1.165, 1.54) is 0 Å².